The second-order valence-electron chi connectivity index (χ2n) is 15.3. The summed E-state index contributed by atoms with van der Waals surface area (Å²) in [5.74, 6) is -0.624. The normalized spacial score (nSPS) is 30.6. The molecule has 0 radical (unpaired) electrons. The van der Waals surface area contributed by atoms with Crippen molar-refractivity contribution in [2.45, 2.75) is 120 Å². The largest absolute Gasteiger partial charge is 0.481 e. The van der Waals surface area contributed by atoms with E-state index in [1.165, 1.54) is 0 Å². The van der Waals surface area contributed by atoms with E-state index in [1.54, 1.807) is 0 Å². The van der Waals surface area contributed by atoms with Gasteiger partial charge in [0.05, 0.1) is 18.3 Å². The molecule has 0 amide bonds. The molecule has 7 heteroatoms. The summed E-state index contributed by atoms with van der Waals surface area (Å²) in [5.41, 5.74) is -1.74. The average Bonchev–Trinajstić information content (AvgIpc) is 2.65. The molecular formula is C30H52O7. The number of aliphatic hydroxyl groups is 1. The second-order valence-corrected chi connectivity index (χ2v) is 15.3. The number of carboxylic acid groups (broad SMARTS) is 1. The van der Waals surface area contributed by atoms with Crippen molar-refractivity contribution >= 4 is 17.9 Å². The SMILES string of the molecule is CC1CC2CC(C)(CC(=O)OCC(O)COC(=O)C(C)(CC(C)(C)C)C(C)(C)C)CC(CC(=O)O)(C1)C2. The Morgan fingerprint density at radius 2 is 1.54 bits per heavy atom. The van der Waals surface area contributed by atoms with Gasteiger partial charge in [0, 0.05) is 0 Å². The lowest BCUT2D eigenvalue weighted by molar-refractivity contribution is -0.169. The third kappa shape index (κ3) is 8.69. The molecule has 2 fully saturated rings. The summed E-state index contributed by atoms with van der Waals surface area (Å²) in [4.78, 5) is 37.5. The number of hydrogen-bond donors (Lipinski definition) is 2. The van der Waals surface area contributed by atoms with Gasteiger partial charge in [0.25, 0.3) is 0 Å². The molecule has 0 aromatic rings. The van der Waals surface area contributed by atoms with Gasteiger partial charge in [0.15, 0.2) is 0 Å². The number of aliphatic carboxylic acids is 1. The molecule has 0 aromatic heterocycles. The average molecular weight is 525 g/mol. The molecule has 0 aliphatic heterocycles. The van der Waals surface area contributed by atoms with Crippen LogP contribution in [-0.4, -0.2) is 47.4 Å². The van der Waals surface area contributed by atoms with Crippen LogP contribution in [0.3, 0.4) is 0 Å². The Labute approximate surface area is 224 Å². The van der Waals surface area contributed by atoms with E-state index >= 15 is 0 Å². The smallest absolute Gasteiger partial charge is 0.312 e. The standard InChI is InChI=1S/C30H52O7/c1-20-10-21-12-28(8,19-30(11-20,13-21)14-23(32)33)15-24(34)36-16-22(31)17-37-25(35)29(9,27(5,6)7)18-26(2,3)4/h20-22,31H,10-19H2,1-9H3,(H,32,33). The third-order valence-corrected chi connectivity index (χ3v) is 8.75. The number of carbonyl (C=O) groups is 3. The first-order chi connectivity index (χ1) is 16.7. The molecule has 6 atom stereocenters. The van der Waals surface area contributed by atoms with E-state index in [2.05, 4.69) is 34.6 Å². The van der Waals surface area contributed by atoms with Crippen molar-refractivity contribution < 1.29 is 34.1 Å². The van der Waals surface area contributed by atoms with Crippen LogP contribution in [0.5, 0.6) is 0 Å². The fourth-order valence-corrected chi connectivity index (χ4v) is 7.48. The summed E-state index contributed by atoms with van der Waals surface area (Å²) in [7, 11) is 0. The Hall–Kier alpha value is -1.63. The number of hydrogen-bond acceptors (Lipinski definition) is 6. The molecule has 6 unspecified atom stereocenters. The number of esters is 2. The van der Waals surface area contributed by atoms with E-state index in [0.717, 1.165) is 25.7 Å². The Morgan fingerprint density at radius 1 is 0.946 bits per heavy atom. The molecule has 2 rings (SSSR count). The predicted octanol–water partition coefficient (Wildman–Crippen LogP) is 6.01. The van der Waals surface area contributed by atoms with Crippen molar-refractivity contribution in [1.82, 2.24) is 0 Å². The summed E-state index contributed by atoms with van der Waals surface area (Å²) in [6.45, 7) is 18.0. The van der Waals surface area contributed by atoms with Crippen LogP contribution in [0.25, 0.3) is 0 Å². The minimum Gasteiger partial charge on any atom is -0.481 e. The minimum absolute atomic E-state index is 0.0794. The quantitative estimate of drug-likeness (QED) is 0.337. The van der Waals surface area contributed by atoms with Gasteiger partial charge in [-0.25, -0.2) is 0 Å². The lowest BCUT2D eigenvalue weighted by Gasteiger charge is -2.54. The summed E-state index contributed by atoms with van der Waals surface area (Å²) in [6, 6.07) is 0. The van der Waals surface area contributed by atoms with Gasteiger partial charge in [-0.05, 0) is 78.9 Å². The highest BCUT2D eigenvalue weighted by molar-refractivity contribution is 5.77. The highest BCUT2D eigenvalue weighted by Crippen LogP contribution is 2.59. The molecule has 0 aromatic carbocycles. The zero-order valence-electron chi connectivity index (χ0n) is 24.7. The number of carboxylic acids is 1. The summed E-state index contributed by atoms with van der Waals surface area (Å²) >= 11 is 0. The van der Waals surface area contributed by atoms with Crippen LogP contribution in [0, 0.1) is 38.9 Å². The Morgan fingerprint density at radius 3 is 2.08 bits per heavy atom. The van der Waals surface area contributed by atoms with Crippen LogP contribution in [0.2, 0.25) is 0 Å². The lowest BCUT2D eigenvalue weighted by Crippen LogP contribution is -2.46. The van der Waals surface area contributed by atoms with Crippen molar-refractivity contribution in [3.05, 3.63) is 0 Å². The molecule has 2 saturated carbocycles. The fraction of sp³-hybridized carbons (Fsp3) is 0.900. The van der Waals surface area contributed by atoms with Crippen LogP contribution in [0.1, 0.15) is 114 Å². The molecule has 0 heterocycles. The zero-order valence-corrected chi connectivity index (χ0v) is 24.7. The van der Waals surface area contributed by atoms with Crippen molar-refractivity contribution in [1.29, 1.82) is 0 Å². The molecule has 2 aliphatic carbocycles. The van der Waals surface area contributed by atoms with Gasteiger partial charge >= 0.3 is 17.9 Å². The zero-order chi connectivity index (χ0) is 28.4. The Kier molecular flexibility index (Phi) is 9.59. The number of carbonyl (C=O) groups excluding carboxylic acids is 2. The maximum Gasteiger partial charge on any atom is 0.312 e. The van der Waals surface area contributed by atoms with E-state index < -0.39 is 23.5 Å². The Balaban J connectivity index is 1.91. The predicted molar refractivity (Wildman–Crippen MR) is 143 cm³/mol. The maximum absolute atomic E-state index is 13.1. The monoisotopic (exact) mass is 524 g/mol. The van der Waals surface area contributed by atoms with Crippen molar-refractivity contribution in [3.63, 3.8) is 0 Å². The van der Waals surface area contributed by atoms with Crippen LogP contribution >= 0.6 is 0 Å². The van der Waals surface area contributed by atoms with E-state index in [-0.39, 0.29) is 53.7 Å². The molecule has 0 spiro atoms. The summed E-state index contributed by atoms with van der Waals surface area (Å²) in [6.07, 6.45) is 4.31. The Bertz CT molecular complexity index is 834. The minimum atomic E-state index is -1.11. The third-order valence-electron chi connectivity index (χ3n) is 8.75. The molecule has 37 heavy (non-hydrogen) atoms. The number of rotatable bonds is 10. The summed E-state index contributed by atoms with van der Waals surface area (Å²) < 4.78 is 10.9. The first-order valence-corrected chi connectivity index (χ1v) is 13.9. The molecule has 0 saturated heterocycles. The second kappa shape index (κ2) is 11.2. The van der Waals surface area contributed by atoms with Crippen molar-refractivity contribution in [3.8, 4) is 0 Å². The number of aliphatic hydroxyl groups excluding tert-OH is 1. The van der Waals surface area contributed by atoms with Gasteiger partial charge in [0.2, 0.25) is 0 Å². The van der Waals surface area contributed by atoms with E-state index in [4.69, 9.17) is 9.47 Å². The maximum atomic E-state index is 13.1. The van der Waals surface area contributed by atoms with Crippen LogP contribution in [-0.2, 0) is 23.9 Å². The summed E-state index contributed by atoms with van der Waals surface area (Å²) in [5, 5.41) is 19.9. The first-order valence-electron chi connectivity index (χ1n) is 13.9. The first kappa shape index (κ1) is 31.6. The molecule has 2 N–H and O–H groups in total. The van der Waals surface area contributed by atoms with Gasteiger partial charge in [-0.3, -0.25) is 14.4 Å². The van der Waals surface area contributed by atoms with Gasteiger partial charge in [0.1, 0.15) is 19.3 Å². The van der Waals surface area contributed by atoms with Crippen LogP contribution in [0.4, 0.5) is 0 Å². The number of ether oxygens (including phenoxy) is 2. The molecule has 214 valence electrons. The molecule has 2 bridgehead atoms. The van der Waals surface area contributed by atoms with E-state index in [1.807, 2.05) is 27.7 Å². The lowest BCUT2D eigenvalue weighted by atomic mass is 9.51. The highest BCUT2D eigenvalue weighted by Gasteiger charge is 2.51. The van der Waals surface area contributed by atoms with Crippen molar-refractivity contribution in [2.24, 2.45) is 38.9 Å². The van der Waals surface area contributed by atoms with Gasteiger partial charge < -0.3 is 19.7 Å². The number of fused-ring (bicyclic) bond motifs is 2. The van der Waals surface area contributed by atoms with Crippen LogP contribution in [0.15, 0.2) is 0 Å². The molecule has 2 aliphatic rings. The fourth-order valence-electron chi connectivity index (χ4n) is 7.48. The van der Waals surface area contributed by atoms with E-state index in [0.29, 0.717) is 24.7 Å². The van der Waals surface area contributed by atoms with E-state index in [9.17, 15) is 24.6 Å². The van der Waals surface area contributed by atoms with Gasteiger partial charge in [-0.1, -0.05) is 55.4 Å². The highest BCUT2D eigenvalue weighted by atomic mass is 16.6. The van der Waals surface area contributed by atoms with Crippen LogP contribution < -0.4 is 0 Å². The van der Waals surface area contributed by atoms with Gasteiger partial charge in [-0.15, -0.1) is 0 Å². The topological polar surface area (TPSA) is 110 Å². The molecular weight excluding hydrogens is 472 g/mol. The molecule has 7 nitrogen and oxygen atoms in total. The van der Waals surface area contributed by atoms with Gasteiger partial charge in [-0.2, -0.15) is 0 Å². The van der Waals surface area contributed by atoms with Crippen molar-refractivity contribution in [2.75, 3.05) is 13.2 Å².